The van der Waals surface area contributed by atoms with Crippen molar-refractivity contribution in [3.8, 4) is 0 Å². The maximum atomic E-state index is 13.4. The second-order valence-corrected chi connectivity index (χ2v) is 26.8. The van der Waals surface area contributed by atoms with Gasteiger partial charge in [0.25, 0.3) is 0 Å². The van der Waals surface area contributed by atoms with Gasteiger partial charge in [-0.25, -0.2) is 0 Å². The van der Waals surface area contributed by atoms with E-state index in [4.69, 9.17) is 28.4 Å². The molecule has 532 valence electrons. The van der Waals surface area contributed by atoms with Crippen molar-refractivity contribution in [1.82, 2.24) is 5.32 Å². The highest BCUT2D eigenvalue weighted by Gasteiger charge is 2.53. The largest absolute Gasteiger partial charge is 0.394 e. The van der Waals surface area contributed by atoms with Crippen LogP contribution >= 0.6 is 0 Å². The molecule has 0 aromatic carbocycles. The molecule has 0 spiro atoms. The van der Waals surface area contributed by atoms with Crippen molar-refractivity contribution in [2.45, 2.75) is 407 Å². The van der Waals surface area contributed by atoms with Crippen molar-refractivity contribution >= 4 is 5.91 Å². The first-order valence-corrected chi connectivity index (χ1v) is 36.9. The number of hydrogen-bond acceptors (Lipinski definition) is 18. The summed E-state index contributed by atoms with van der Waals surface area (Å²) in [5.41, 5.74) is 0. The second-order valence-electron chi connectivity index (χ2n) is 26.8. The number of carbonyl (C=O) groups excluding carboxylic acids is 1. The molecular formula is C71H135NO18. The topological polar surface area (TPSA) is 307 Å². The van der Waals surface area contributed by atoms with Crippen molar-refractivity contribution in [2.75, 3.05) is 26.4 Å². The van der Waals surface area contributed by atoms with Gasteiger partial charge >= 0.3 is 0 Å². The molecule has 0 radical (unpaired) electrons. The Bertz CT molecular complexity index is 1680. The van der Waals surface area contributed by atoms with Crippen LogP contribution < -0.4 is 5.32 Å². The predicted octanol–water partition coefficient (Wildman–Crippen LogP) is 10.4. The van der Waals surface area contributed by atoms with Crippen molar-refractivity contribution in [3.63, 3.8) is 0 Å². The van der Waals surface area contributed by atoms with Gasteiger partial charge in [-0.15, -0.1) is 0 Å². The highest BCUT2D eigenvalue weighted by atomic mass is 16.8. The van der Waals surface area contributed by atoms with Gasteiger partial charge in [-0.1, -0.05) is 289 Å². The van der Waals surface area contributed by atoms with E-state index in [2.05, 4.69) is 19.2 Å². The number of unbranched alkanes of at least 4 members (excludes halogenated alkanes) is 42. The first-order valence-electron chi connectivity index (χ1n) is 36.9. The molecule has 3 aliphatic rings. The van der Waals surface area contributed by atoms with Gasteiger partial charge in [0.1, 0.15) is 73.2 Å². The Morgan fingerprint density at radius 1 is 0.389 bits per heavy atom. The molecule has 17 unspecified atom stereocenters. The minimum Gasteiger partial charge on any atom is -0.394 e. The summed E-state index contributed by atoms with van der Waals surface area (Å²) in [5, 5.41) is 121. The lowest BCUT2D eigenvalue weighted by Crippen LogP contribution is -2.66. The van der Waals surface area contributed by atoms with E-state index >= 15 is 0 Å². The van der Waals surface area contributed by atoms with Crippen LogP contribution in [0.4, 0.5) is 0 Å². The first kappa shape index (κ1) is 82.8. The highest BCUT2D eigenvalue weighted by Crippen LogP contribution is 2.33. The molecular weight excluding hydrogens is 1150 g/mol. The van der Waals surface area contributed by atoms with Gasteiger partial charge in [-0.05, 0) is 19.3 Å². The quantitative estimate of drug-likeness (QED) is 0.0199. The predicted molar refractivity (Wildman–Crippen MR) is 351 cm³/mol. The van der Waals surface area contributed by atoms with Crippen LogP contribution in [-0.4, -0.2) is 193 Å². The third kappa shape index (κ3) is 35.0. The van der Waals surface area contributed by atoms with Crippen molar-refractivity contribution in [1.29, 1.82) is 0 Å². The lowest BCUT2D eigenvalue weighted by atomic mass is 9.96. The van der Waals surface area contributed by atoms with E-state index in [1.807, 2.05) is 6.08 Å². The van der Waals surface area contributed by atoms with Gasteiger partial charge in [-0.3, -0.25) is 4.79 Å². The number of aliphatic hydroxyl groups is 11. The van der Waals surface area contributed by atoms with Crippen LogP contribution in [0.2, 0.25) is 0 Å². The monoisotopic (exact) mass is 1290 g/mol. The number of nitrogens with one attached hydrogen (secondary N) is 1. The molecule has 19 nitrogen and oxygen atoms in total. The zero-order valence-corrected chi connectivity index (χ0v) is 56.4. The molecule has 3 heterocycles. The zero-order valence-electron chi connectivity index (χ0n) is 56.4. The standard InChI is InChI=1S/C71H135NO18/c1-3-5-7-9-11-13-15-17-19-21-22-23-24-25-26-27-28-29-30-31-33-34-36-38-40-42-44-46-48-55(76)54(72-59(77)49-47-45-43-41-39-37-35-32-20-18-16-14-12-10-8-6-4-2)53-85-69-65(83)62(80)67(57(51-74)87-69)90-71-66(84)63(81)68(58(52-75)88-71)89-70-64(82)61(79)60(78)56(50-73)86-70/h46,48,54-58,60-71,73-76,78-84H,3-45,47,49-53H2,1-2H3,(H,72,77)/b48-46+. The Kier molecular flexibility index (Phi) is 49.3. The van der Waals surface area contributed by atoms with Crippen LogP contribution in [0.3, 0.4) is 0 Å². The molecule has 3 saturated heterocycles. The highest BCUT2D eigenvalue weighted by molar-refractivity contribution is 5.76. The van der Waals surface area contributed by atoms with Crippen LogP contribution in [0.15, 0.2) is 12.2 Å². The number of rotatable bonds is 58. The summed E-state index contributed by atoms with van der Waals surface area (Å²) >= 11 is 0. The fourth-order valence-corrected chi connectivity index (χ4v) is 12.8. The van der Waals surface area contributed by atoms with Crippen molar-refractivity contribution < 1.29 is 89.4 Å². The minimum atomic E-state index is -1.98. The Balaban J connectivity index is 1.40. The van der Waals surface area contributed by atoms with Gasteiger partial charge in [0.2, 0.25) is 5.91 Å². The van der Waals surface area contributed by atoms with Crippen LogP contribution in [0.1, 0.15) is 303 Å². The summed E-state index contributed by atoms with van der Waals surface area (Å²) in [6, 6.07) is -0.969. The summed E-state index contributed by atoms with van der Waals surface area (Å²) in [4.78, 5) is 13.4. The molecule has 90 heavy (non-hydrogen) atoms. The maximum absolute atomic E-state index is 13.4. The maximum Gasteiger partial charge on any atom is 0.220 e. The van der Waals surface area contributed by atoms with E-state index in [1.54, 1.807) is 6.08 Å². The molecule has 3 rings (SSSR count). The molecule has 0 aromatic heterocycles. The first-order chi connectivity index (χ1) is 43.8. The summed E-state index contributed by atoms with van der Waals surface area (Å²) in [6.45, 7) is 1.78. The third-order valence-corrected chi connectivity index (χ3v) is 18.8. The lowest BCUT2D eigenvalue weighted by Gasteiger charge is -2.48. The molecule has 17 atom stereocenters. The number of allylic oxidation sites excluding steroid dienone is 1. The molecule has 12 N–H and O–H groups in total. The molecule has 1 amide bonds. The van der Waals surface area contributed by atoms with Crippen molar-refractivity contribution in [3.05, 3.63) is 12.2 Å². The zero-order chi connectivity index (χ0) is 65.4. The summed E-state index contributed by atoms with van der Waals surface area (Å²) < 4.78 is 34.4. The van der Waals surface area contributed by atoms with Gasteiger partial charge in [-0.2, -0.15) is 0 Å². The number of aliphatic hydroxyl groups excluding tert-OH is 11. The molecule has 3 aliphatic heterocycles. The number of amides is 1. The normalized spacial score (nSPS) is 28.0. The summed E-state index contributed by atoms with van der Waals surface area (Å²) in [6.07, 6.45) is 33.4. The number of carbonyl (C=O) groups is 1. The summed E-state index contributed by atoms with van der Waals surface area (Å²) in [5.74, 6) is -0.269. The Morgan fingerprint density at radius 2 is 0.689 bits per heavy atom. The molecule has 0 aliphatic carbocycles. The Hall–Kier alpha value is -1.47. The van der Waals surface area contributed by atoms with E-state index in [0.717, 1.165) is 44.9 Å². The van der Waals surface area contributed by atoms with E-state index in [-0.39, 0.29) is 18.9 Å². The minimum absolute atomic E-state index is 0.250. The van der Waals surface area contributed by atoms with Gasteiger partial charge in [0.15, 0.2) is 18.9 Å². The lowest BCUT2D eigenvalue weighted by molar-refractivity contribution is -0.379. The van der Waals surface area contributed by atoms with E-state index in [9.17, 15) is 61.0 Å². The Labute approximate surface area is 544 Å². The number of hydrogen-bond donors (Lipinski definition) is 12. The SMILES string of the molecule is CCCCCCCCCCCCCCCCCCCCCCCCCCCC/C=C/C(O)C(COC1OC(CO)C(OC2OC(CO)C(OC3OC(CO)C(O)C(O)C3O)C(O)C2O)C(O)C1O)NC(=O)CCCCCCCCCCCCCCCCCCC. The average molecular weight is 1290 g/mol. The number of ether oxygens (including phenoxy) is 6. The van der Waals surface area contributed by atoms with Crippen LogP contribution in [0, 0.1) is 0 Å². The van der Waals surface area contributed by atoms with E-state index < -0.39 is 124 Å². The fourth-order valence-electron chi connectivity index (χ4n) is 12.8. The van der Waals surface area contributed by atoms with Gasteiger partial charge in [0.05, 0.1) is 38.6 Å². The fraction of sp³-hybridized carbons (Fsp3) is 0.958. The molecule has 0 bridgehead atoms. The van der Waals surface area contributed by atoms with Crippen LogP contribution in [0.5, 0.6) is 0 Å². The molecule has 19 heteroatoms. The van der Waals surface area contributed by atoms with Gasteiger partial charge in [0, 0.05) is 6.42 Å². The smallest absolute Gasteiger partial charge is 0.220 e. The molecule has 0 aromatic rings. The van der Waals surface area contributed by atoms with Crippen LogP contribution in [-0.2, 0) is 33.2 Å². The average Bonchev–Trinajstić information content (AvgIpc) is 1.05. The summed E-state index contributed by atoms with van der Waals surface area (Å²) in [7, 11) is 0. The van der Waals surface area contributed by atoms with Crippen LogP contribution in [0.25, 0.3) is 0 Å². The van der Waals surface area contributed by atoms with E-state index in [1.165, 1.54) is 231 Å². The van der Waals surface area contributed by atoms with E-state index in [0.29, 0.717) is 6.42 Å². The third-order valence-electron chi connectivity index (χ3n) is 18.8. The molecule has 0 saturated carbocycles. The second kappa shape index (κ2) is 53.6. The molecule has 3 fully saturated rings. The van der Waals surface area contributed by atoms with Gasteiger partial charge < -0.3 is 89.9 Å². The Morgan fingerprint density at radius 3 is 1.04 bits per heavy atom. The van der Waals surface area contributed by atoms with Crippen molar-refractivity contribution in [2.24, 2.45) is 0 Å².